The average Bonchev–Trinajstić information content (AvgIpc) is 3.08. The van der Waals surface area contributed by atoms with Crippen LogP contribution in [-0.4, -0.2) is 34.2 Å². The standard InChI is InChI=1S/C17H18N4O2/c1-21(12-15-7-8-23-20-15)11-13-9-18-17(19-10-13)14-3-5-16(22-2)6-4-14/h3-10H,11-12H2,1-2H3. The van der Waals surface area contributed by atoms with E-state index in [1.54, 1.807) is 13.4 Å². The number of methoxy groups -OCH3 is 1. The molecular formula is C17H18N4O2. The highest BCUT2D eigenvalue weighted by molar-refractivity contribution is 5.55. The van der Waals surface area contributed by atoms with Crippen LogP contribution in [0, 0.1) is 0 Å². The van der Waals surface area contributed by atoms with E-state index in [2.05, 4.69) is 20.0 Å². The third kappa shape index (κ3) is 3.92. The van der Waals surface area contributed by atoms with Crippen LogP contribution in [0.5, 0.6) is 5.75 Å². The lowest BCUT2D eigenvalue weighted by atomic mass is 10.2. The molecule has 6 nitrogen and oxygen atoms in total. The molecule has 2 aromatic heterocycles. The van der Waals surface area contributed by atoms with Crippen molar-refractivity contribution in [1.82, 2.24) is 20.0 Å². The lowest BCUT2D eigenvalue weighted by Crippen LogP contribution is -2.17. The van der Waals surface area contributed by atoms with Crippen molar-refractivity contribution in [2.45, 2.75) is 13.1 Å². The van der Waals surface area contributed by atoms with Gasteiger partial charge in [-0.1, -0.05) is 5.16 Å². The molecule has 118 valence electrons. The normalized spacial score (nSPS) is 10.9. The summed E-state index contributed by atoms with van der Waals surface area (Å²) in [5, 5.41) is 3.91. The molecule has 0 saturated carbocycles. The van der Waals surface area contributed by atoms with Crippen molar-refractivity contribution >= 4 is 0 Å². The molecule has 0 atom stereocenters. The average molecular weight is 310 g/mol. The molecule has 6 heteroatoms. The van der Waals surface area contributed by atoms with Crippen LogP contribution in [0.2, 0.25) is 0 Å². The molecule has 1 aromatic carbocycles. The molecule has 0 N–H and O–H groups in total. The van der Waals surface area contributed by atoms with Gasteiger partial charge in [-0.2, -0.15) is 0 Å². The molecular weight excluding hydrogens is 292 g/mol. The Morgan fingerprint density at radius 1 is 1.04 bits per heavy atom. The van der Waals surface area contributed by atoms with Crippen molar-refractivity contribution in [2.75, 3.05) is 14.2 Å². The summed E-state index contributed by atoms with van der Waals surface area (Å²) >= 11 is 0. The molecule has 0 unspecified atom stereocenters. The number of aromatic nitrogens is 3. The Kier molecular flexibility index (Phi) is 4.63. The molecule has 0 fully saturated rings. The molecule has 2 heterocycles. The van der Waals surface area contributed by atoms with E-state index in [-0.39, 0.29) is 0 Å². The summed E-state index contributed by atoms with van der Waals surface area (Å²) in [4.78, 5) is 11.0. The lowest BCUT2D eigenvalue weighted by Gasteiger charge is -2.14. The summed E-state index contributed by atoms with van der Waals surface area (Å²) in [6, 6.07) is 9.56. The SMILES string of the molecule is COc1ccc(-c2ncc(CN(C)Cc3ccon3)cn2)cc1. The van der Waals surface area contributed by atoms with Crippen LogP contribution < -0.4 is 4.74 Å². The highest BCUT2D eigenvalue weighted by atomic mass is 16.5. The van der Waals surface area contributed by atoms with Gasteiger partial charge in [-0.3, -0.25) is 4.90 Å². The predicted molar refractivity (Wildman–Crippen MR) is 85.7 cm³/mol. The summed E-state index contributed by atoms with van der Waals surface area (Å²) in [6.07, 6.45) is 5.29. The Morgan fingerprint density at radius 2 is 1.78 bits per heavy atom. The van der Waals surface area contributed by atoms with Gasteiger partial charge in [0.2, 0.25) is 0 Å². The van der Waals surface area contributed by atoms with Crippen molar-refractivity contribution < 1.29 is 9.26 Å². The highest BCUT2D eigenvalue weighted by Crippen LogP contribution is 2.19. The first-order chi connectivity index (χ1) is 11.2. The summed E-state index contributed by atoms with van der Waals surface area (Å²) < 4.78 is 9.99. The van der Waals surface area contributed by atoms with Gasteiger partial charge in [0.25, 0.3) is 0 Å². The minimum atomic E-state index is 0.704. The molecule has 0 saturated heterocycles. The minimum Gasteiger partial charge on any atom is -0.497 e. The van der Waals surface area contributed by atoms with E-state index in [9.17, 15) is 0 Å². The van der Waals surface area contributed by atoms with Gasteiger partial charge in [0.15, 0.2) is 5.82 Å². The van der Waals surface area contributed by atoms with Crippen LogP contribution in [0.15, 0.2) is 53.5 Å². The second kappa shape index (κ2) is 7.02. The zero-order valence-corrected chi connectivity index (χ0v) is 13.1. The quantitative estimate of drug-likeness (QED) is 0.697. The van der Waals surface area contributed by atoms with Crippen LogP contribution in [0.4, 0.5) is 0 Å². The Bertz CT molecular complexity index is 724. The lowest BCUT2D eigenvalue weighted by molar-refractivity contribution is 0.303. The number of benzene rings is 1. The predicted octanol–water partition coefficient (Wildman–Crippen LogP) is 2.77. The maximum Gasteiger partial charge on any atom is 0.159 e. The minimum absolute atomic E-state index is 0.704. The second-order valence-corrected chi connectivity index (χ2v) is 5.31. The van der Waals surface area contributed by atoms with Crippen LogP contribution in [-0.2, 0) is 13.1 Å². The molecule has 0 bridgehead atoms. The Balaban J connectivity index is 1.64. The van der Waals surface area contributed by atoms with Crippen LogP contribution in [0.25, 0.3) is 11.4 Å². The van der Waals surface area contributed by atoms with Gasteiger partial charge in [-0.05, 0) is 31.3 Å². The Morgan fingerprint density at radius 3 is 2.39 bits per heavy atom. The molecule has 3 aromatic rings. The third-order valence-electron chi connectivity index (χ3n) is 3.43. The van der Waals surface area contributed by atoms with Gasteiger partial charge in [-0.25, -0.2) is 9.97 Å². The number of hydrogen-bond acceptors (Lipinski definition) is 6. The molecule has 23 heavy (non-hydrogen) atoms. The van der Waals surface area contributed by atoms with Gasteiger partial charge < -0.3 is 9.26 Å². The first kappa shape index (κ1) is 15.2. The van der Waals surface area contributed by atoms with E-state index in [0.29, 0.717) is 5.82 Å². The fraction of sp³-hybridized carbons (Fsp3) is 0.235. The van der Waals surface area contributed by atoms with E-state index in [1.807, 2.05) is 49.8 Å². The van der Waals surface area contributed by atoms with E-state index < -0.39 is 0 Å². The Hall–Kier alpha value is -2.73. The first-order valence-corrected chi connectivity index (χ1v) is 7.28. The fourth-order valence-electron chi connectivity index (χ4n) is 2.29. The summed E-state index contributed by atoms with van der Waals surface area (Å²) in [6.45, 7) is 1.46. The van der Waals surface area contributed by atoms with Crippen molar-refractivity contribution in [3.8, 4) is 17.1 Å². The van der Waals surface area contributed by atoms with E-state index in [4.69, 9.17) is 9.26 Å². The van der Waals surface area contributed by atoms with Crippen LogP contribution >= 0.6 is 0 Å². The summed E-state index contributed by atoms with van der Waals surface area (Å²) in [5.41, 5.74) is 2.92. The number of hydrogen-bond donors (Lipinski definition) is 0. The van der Waals surface area contributed by atoms with Gasteiger partial charge >= 0.3 is 0 Å². The molecule has 0 aliphatic rings. The molecule has 0 aliphatic heterocycles. The van der Waals surface area contributed by atoms with Crippen molar-refractivity contribution in [3.05, 3.63) is 60.2 Å². The van der Waals surface area contributed by atoms with E-state index in [1.165, 1.54) is 0 Å². The zero-order valence-electron chi connectivity index (χ0n) is 13.1. The van der Waals surface area contributed by atoms with Gasteiger partial charge in [-0.15, -0.1) is 0 Å². The van der Waals surface area contributed by atoms with E-state index >= 15 is 0 Å². The second-order valence-electron chi connectivity index (χ2n) is 5.31. The number of ether oxygens (including phenoxy) is 1. The van der Waals surface area contributed by atoms with Gasteiger partial charge in [0, 0.05) is 42.7 Å². The van der Waals surface area contributed by atoms with Crippen LogP contribution in [0.3, 0.4) is 0 Å². The fourth-order valence-corrected chi connectivity index (χ4v) is 2.29. The zero-order chi connectivity index (χ0) is 16.1. The van der Waals surface area contributed by atoms with Gasteiger partial charge in [0.1, 0.15) is 12.0 Å². The Labute approximate surface area is 134 Å². The topological polar surface area (TPSA) is 64.3 Å². The monoisotopic (exact) mass is 310 g/mol. The van der Waals surface area contributed by atoms with Gasteiger partial charge in [0.05, 0.1) is 12.8 Å². The smallest absolute Gasteiger partial charge is 0.159 e. The molecule has 3 rings (SSSR count). The summed E-state index contributed by atoms with van der Waals surface area (Å²) in [5.74, 6) is 1.52. The van der Waals surface area contributed by atoms with Crippen molar-refractivity contribution in [2.24, 2.45) is 0 Å². The summed E-state index contributed by atoms with van der Waals surface area (Å²) in [7, 11) is 3.67. The molecule has 0 amide bonds. The first-order valence-electron chi connectivity index (χ1n) is 7.28. The highest BCUT2D eigenvalue weighted by Gasteiger charge is 2.06. The maximum atomic E-state index is 5.15. The van der Waals surface area contributed by atoms with Crippen LogP contribution in [0.1, 0.15) is 11.3 Å². The number of nitrogens with zero attached hydrogens (tertiary/aromatic N) is 4. The molecule has 0 aliphatic carbocycles. The van der Waals surface area contributed by atoms with Crippen molar-refractivity contribution in [3.63, 3.8) is 0 Å². The molecule has 0 spiro atoms. The maximum absolute atomic E-state index is 5.15. The number of rotatable bonds is 6. The van der Waals surface area contributed by atoms with E-state index in [0.717, 1.165) is 35.7 Å². The largest absolute Gasteiger partial charge is 0.497 e. The molecule has 0 radical (unpaired) electrons. The van der Waals surface area contributed by atoms with Crippen molar-refractivity contribution in [1.29, 1.82) is 0 Å². The third-order valence-corrected chi connectivity index (χ3v) is 3.43.